The molecule has 0 heterocycles. The number of nitrogen functional groups attached to an aromatic ring is 1. The first-order valence-corrected chi connectivity index (χ1v) is 7.18. The Kier molecular flexibility index (Phi) is 5.05. The van der Waals surface area contributed by atoms with Gasteiger partial charge >= 0.3 is 0 Å². The molecule has 0 bridgehead atoms. The van der Waals surface area contributed by atoms with Gasteiger partial charge in [0, 0.05) is 16.7 Å². The van der Waals surface area contributed by atoms with Gasteiger partial charge in [0.05, 0.1) is 11.3 Å². The number of benzene rings is 2. The Morgan fingerprint density at radius 2 is 2.00 bits per heavy atom. The molecule has 21 heavy (non-hydrogen) atoms. The van der Waals surface area contributed by atoms with Crippen LogP contribution in [0.4, 0.5) is 11.4 Å². The molecule has 0 aliphatic carbocycles. The summed E-state index contributed by atoms with van der Waals surface area (Å²) in [5, 5.41) is 3.19. The van der Waals surface area contributed by atoms with E-state index in [4.69, 9.17) is 16.2 Å². The van der Waals surface area contributed by atoms with Crippen molar-refractivity contribution in [1.29, 1.82) is 0 Å². The smallest absolute Gasteiger partial charge is 0.249 e. The van der Waals surface area contributed by atoms with Crippen LogP contribution in [-0.2, 0) is 0 Å². The molecule has 0 unspecified atom stereocenters. The molecule has 1 amide bonds. The van der Waals surface area contributed by atoms with Gasteiger partial charge in [-0.1, -0.05) is 12.1 Å². The van der Waals surface area contributed by atoms with E-state index in [-0.39, 0.29) is 0 Å². The normalized spacial score (nSPS) is 10.1. The number of carbonyl (C=O) groups excluding carboxylic acids is 1. The number of primary amides is 1. The molecule has 2 aromatic rings. The van der Waals surface area contributed by atoms with Crippen LogP contribution in [0.3, 0.4) is 0 Å². The highest BCUT2D eigenvalue weighted by atomic mass is 79.9. The number of halogens is 1. The first-order chi connectivity index (χ1) is 10.1. The van der Waals surface area contributed by atoms with E-state index in [1.165, 1.54) is 0 Å². The second kappa shape index (κ2) is 6.99. The number of ether oxygens (including phenoxy) is 1. The molecule has 0 aromatic heterocycles. The second-order valence-corrected chi connectivity index (χ2v) is 5.23. The lowest BCUT2D eigenvalue weighted by molar-refractivity contribution is 0.0999. The number of carbonyl (C=O) groups is 1. The maximum Gasteiger partial charge on any atom is 0.249 e. The third kappa shape index (κ3) is 4.13. The Bertz CT molecular complexity index is 647. The standard InChI is InChI=1S/C15H16BrN3O2/c16-12-9-10(5-6-11(12)15(18)20)19-7-8-21-14-4-2-1-3-13(14)17/h1-6,9,19H,7-8,17H2,(H2,18,20). The minimum atomic E-state index is -0.462. The predicted octanol–water partition coefficient (Wildman–Crippen LogP) is 2.62. The fourth-order valence-electron chi connectivity index (χ4n) is 1.79. The minimum Gasteiger partial charge on any atom is -0.490 e. The van der Waals surface area contributed by atoms with E-state index >= 15 is 0 Å². The van der Waals surface area contributed by atoms with E-state index in [2.05, 4.69) is 21.2 Å². The highest BCUT2D eigenvalue weighted by molar-refractivity contribution is 9.10. The van der Waals surface area contributed by atoms with Crippen molar-refractivity contribution in [3.05, 3.63) is 52.5 Å². The zero-order chi connectivity index (χ0) is 15.2. The van der Waals surface area contributed by atoms with Crippen molar-refractivity contribution in [2.24, 2.45) is 5.73 Å². The number of hydrogen-bond donors (Lipinski definition) is 3. The summed E-state index contributed by atoms with van der Waals surface area (Å²) < 4.78 is 6.24. The number of rotatable bonds is 6. The minimum absolute atomic E-state index is 0.453. The van der Waals surface area contributed by atoms with Crippen molar-refractivity contribution in [2.75, 3.05) is 24.2 Å². The fraction of sp³-hybridized carbons (Fsp3) is 0.133. The molecular weight excluding hydrogens is 334 g/mol. The molecule has 0 radical (unpaired) electrons. The predicted molar refractivity (Wildman–Crippen MR) is 87.5 cm³/mol. The van der Waals surface area contributed by atoms with Crippen LogP contribution in [0.1, 0.15) is 10.4 Å². The van der Waals surface area contributed by atoms with Gasteiger partial charge in [0.25, 0.3) is 0 Å². The van der Waals surface area contributed by atoms with Gasteiger partial charge in [0.15, 0.2) is 0 Å². The Morgan fingerprint density at radius 1 is 1.24 bits per heavy atom. The molecule has 6 heteroatoms. The zero-order valence-corrected chi connectivity index (χ0v) is 12.9. The molecule has 5 N–H and O–H groups in total. The summed E-state index contributed by atoms with van der Waals surface area (Å²) in [4.78, 5) is 11.1. The first kappa shape index (κ1) is 15.2. The molecule has 0 aliphatic heterocycles. The maximum atomic E-state index is 11.1. The van der Waals surface area contributed by atoms with Crippen molar-refractivity contribution >= 4 is 33.2 Å². The van der Waals surface area contributed by atoms with Gasteiger partial charge in [-0.2, -0.15) is 0 Å². The summed E-state index contributed by atoms with van der Waals surface area (Å²) in [6, 6.07) is 12.6. The maximum absolute atomic E-state index is 11.1. The van der Waals surface area contributed by atoms with Gasteiger partial charge in [-0.05, 0) is 46.3 Å². The van der Waals surface area contributed by atoms with Crippen LogP contribution in [0.25, 0.3) is 0 Å². The average molecular weight is 350 g/mol. The molecule has 110 valence electrons. The largest absolute Gasteiger partial charge is 0.490 e. The fourth-order valence-corrected chi connectivity index (χ4v) is 2.37. The highest BCUT2D eigenvalue weighted by Crippen LogP contribution is 2.22. The summed E-state index contributed by atoms with van der Waals surface area (Å²) >= 11 is 3.31. The lowest BCUT2D eigenvalue weighted by Gasteiger charge is -2.11. The highest BCUT2D eigenvalue weighted by Gasteiger charge is 2.06. The number of amides is 1. The van der Waals surface area contributed by atoms with E-state index in [1.807, 2.05) is 18.2 Å². The van der Waals surface area contributed by atoms with E-state index in [1.54, 1.807) is 24.3 Å². The Hall–Kier alpha value is -2.21. The molecule has 0 spiro atoms. The summed E-state index contributed by atoms with van der Waals surface area (Å²) in [7, 11) is 0. The molecule has 0 atom stereocenters. The molecule has 0 fully saturated rings. The van der Waals surface area contributed by atoms with Crippen molar-refractivity contribution in [3.63, 3.8) is 0 Å². The third-order valence-corrected chi connectivity index (χ3v) is 3.50. The summed E-state index contributed by atoms with van der Waals surface area (Å²) in [5.41, 5.74) is 13.0. The lowest BCUT2D eigenvalue weighted by atomic mass is 10.2. The van der Waals surface area contributed by atoms with E-state index in [0.717, 1.165) is 5.69 Å². The SMILES string of the molecule is NC(=O)c1ccc(NCCOc2ccccc2N)cc1Br. The second-order valence-electron chi connectivity index (χ2n) is 4.37. The molecule has 0 saturated carbocycles. The van der Waals surface area contributed by atoms with E-state index in [9.17, 15) is 4.79 Å². The molecule has 0 aliphatic rings. The van der Waals surface area contributed by atoms with Gasteiger partial charge < -0.3 is 21.5 Å². The van der Waals surface area contributed by atoms with Crippen LogP contribution in [-0.4, -0.2) is 19.1 Å². The number of nitrogens with one attached hydrogen (secondary N) is 1. The molecule has 2 aromatic carbocycles. The van der Waals surface area contributed by atoms with Gasteiger partial charge in [0.1, 0.15) is 12.4 Å². The molecule has 0 saturated heterocycles. The van der Waals surface area contributed by atoms with E-state index < -0.39 is 5.91 Å². The number of nitrogens with two attached hydrogens (primary N) is 2. The van der Waals surface area contributed by atoms with Crippen LogP contribution in [0.5, 0.6) is 5.75 Å². The molecule has 5 nitrogen and oxygen atoms in total. The van der Waals surface area contributed by atoms with Crippen molar-refractivity contribution < 1.29 is 9.53 Å². The Morgan fingerprint density at radius 3 is 2.67 bits per heavy atom. The topological polar surface area (TPSA) is 90.4 Å². The average Bonchev–Trinajstić information content (AvgIpc) is 2.45. The lowest BCUT2D eigenvalue weighted by Crippen LogP contribution is -2.14. The van der Waals surface area contributed by atoms with Crippen molar-refractivity contribution in [3.8, 4) is 5.75 Å². The monoisotopic (exact) mass is 349 g/mol. The molecular formula is C15H16BrN3O2. The van der Waals surface area contributed by atoms with Gasteiger partial charge in [-0.25, -0.2) is 0 Å². The third-order valence-electron chi connectivity index (χ3n) is 2.84. The quantitative estimate of drug-likeness (QED) is 0.552. The number of para-hydroxylation sites is 2. The summed E-state index contributed by atoms with van der Waals surface area (Å²) in [6.07, 6.45) is 0. The van der Waals surface area contributed by atoms with Crippen LogP contribution >= 0.6 is 15.9 Å². The van der Waals surface area contributed by atoms with Crippen LogP contribution in [0.15, 0.2) is 46.9 Å². The Balaban J connectivity index is 1.85. The van der Waals surface area contributed by atoms with Gasteiger partial charge in [-0.3, -0.25) is 4.79 Å². The summed E-state index contributed by atoms with van der Waals surface area (Å²) in [6.45, 7) is 1.08. The zero-order valence-electron chi connectivity index (χ0n) is 11.3. The van der Waals surface area contributed by atoms with Crippen molar-refractivity contribution in [1.82, 2.24) is 0 Å². The Labute approximate surface area is 131 Å². The summed E-state index contributed by atoms with van der Waals surface area (Å²) in [5.74, 6) is 0.209. The van der Waals surface area contributed by atoms with Crippen molar-refractivity contribution in [2.45, 2.75) is 0 Å². The first-order valence-electron chi connectivity index (χ1n) is 6.38. The van der Waals surface area contributed by atoms with Gasteiger partial charge in [0.2, 0.25) is 5.91 Å². The van der Waals surface area contributed by atoms with Crippen LogP contribution in [0.2, 0.25) is 0 Å². The van der Waals surface area contributed by atoms with Gasteiger partial charge in [-0.15, -0.1) is 0 Å². The van der Waals surface area contributed by atoms with E-state index in [0.29, 0.717) is 34.6 Å². The van der Waals surface area contributed by atoms with Crippen LogP contribution in [0, 0.1) is 0 Å². The number of anilines is 2. The molecule has 2 rings (SSSR count). The van der Waals surface area contributed by atoms with Crippen LogP contribution < -0.4 is 21.5 Å². The number of hydrogen-bond acceptors (Lipinski definition) is 4.